The average Bonchev–Trinajstić information content (AvgIpc) is 2.17. The molecule has 0 spiro atoms. The third kappa shape index (κ3) is 2.82. The van der Waals surface area contributed by atoms with Crippen molar-refractivity contribution in [3.05, 3.63) is 0 Å². The SMILES string of the molecule is CC(O)C(C)(NC(N)=O)N1CCCCC1. The van der Waals surface area contributed by atoms with E-state index < -0.39 is 17.8 Å². The first-order valence-corrected chi connectivity index (χ1v) is 5.47. The highest BCUT2D eigenvalue weighted by molar-refractivity contribution is 5.72. The van der Waals surface area contributed by atoms with Crippen LogP contribution in [0, 0.1) is 0 Å². The van der Waals surface area contributed by atoms with Crippen LogP contribution < -0.4 is 11.1 Å². The van der Waals surface area contributed by atoms with Gasteiger partial charge in [0.1, 0.15) is 5.66 Å². The van der Waals surface area contributed by atoms with Crippen molar-refractivity contribution in [1.29, 1.82) is 0 Å². The number of likely N-dealkylation sites (tertiary alicyclic amines) is 1. The van der Waals surface area contributed by atoms with Crippen molar-refractivity contribution in [2.24, 2.45) is 5.73 Å². The number of carbonyl (C=O) groups is 1. The molecule has 0 bridgehead atoms. The zero-order chi connectivity index (χ0) is 11.5. The molecule has 1 heterocycles. The second kappa shape index (κ2) is 4.81. The summed E-state index contributed by atoms with van der Waals surface area (Å²) in [5.41, 5.74) is 4.39. The fourth-order valence-electron chi connectivity index (χ4n) is 2.06. The number of amides is 2. The fourth-order valence-corrected chi connectivity index (χ4v) is 2.06. The van der Waals surface area contributed by atoms with E-state index >= 15 is 0 Å². The van der Waals surface area contributed by atoms with E-state index in [1.165, 1.54) is 6.42 Å². The van der Waals surface area contributed by atoms with Gasteiger partial charge in [-0.15, -0.1) is 0 Å². The van der Waals surface area contributed by atoms with Gasteiger partial charge in [-0.3, -0.25) is 4.90 Å². The third-order valence-electron chi connectivity index (χ3n) is 3.20. The number of hydrogen-bond acceptors (Lipinski definition) is 3. The number of carbonyl (C=O) groups excluding carboxylic acids is 1. The van der Waals surface area contributed by atoms with Gasteiger partial charge in [-0.25, -0.2) is 4.79 Å². The summed E-state index contributed by atoms with van der Waals surface area (Å²) in [7, 11) is 0. The number of nitrogens with zero attached hydrogens (tertiary/aromatic N) is 1. The molecular formula is C10H21N3O2. The topological polar surface area (TPSA) is 78.6 Å². The van der Waals surface area contributed by atoms with E-state index in [1.54, 1.807) is 6.92 Å². The Morgan fingerprint density at radius 3 is 2.40 bits per heavy atom. The van der Waals surface area contributed by atoms with Crippen molar-refractivity contribution in [3.63, 3.8) is 0 Å². The van der Waals surface area contributed by atoms with Crippen molar-refractivity contribution in [2.45, 2.75) is 44.9 Å². The predicted octanol–water partition coefficient (Wildman–Crippen LogP) is 0.238. The van der Waals surface area contributed by atoms with Gasteiger partial charge in [0.15, 0.2) is 0 Å². The summed E-state index contributed by atoms with van der Waals surface area (Å²) in [6.07, 6.45) is 2.76. The number of aliphatic hydroxyl groups is 1. The third-order valence-corrected chi connectivity index (χ3v) is 3.20. The minimum absolute atomic E-state index is 0.594. The Morgan fingerprint density at radius 1 is 1.47 bits per heavy atom. The van der Waals surface area contributed by atoms with Crippen LogP contribution in [-0.4, -0.2) is 40.9 Å². The standard InChI is InChI=1S/C10H21N3O2/c1-8(14)10(2,12-9(11)15)13-6-4-3-5-7-13/h8,14H,3-7H2,1-2H3,(H3,11,12,15). The zero-order valence-corrected chi connectivity index (χ0v) is 9.49. The number of primary amides is 1. The number of piperidine rings is 1. The van der Waals surface area contributed by atoms with Gasteiger partial charge in [0.25, 0.3) is 0 Å². The van der Waals surface area contributed by atoms with Gasteiger partial charge in [-0.2, -0.15) is 0 Å². The quantitative estimate of drug-likeness (QED) is 0.631. The highest BCUT2D eigenvalue weighted by atomic mass is 16.3. The van der Waals surface area contributed by atoms with Gasteiger partial charge in [0.05, 0.1) is 6.10 Å². The lowest BCUT2D eigenvalue weighted by Gasteiger charge is -2.45. The van der Waals surface area contributed by atoms with Gasteiger partial charge in [0, 0.05) is 13.1 Å². The van der Waals surface area contributed by atoms with Gasteiger partial charge in [0.2, 0.25) is 0 Å². The predicted molar refractivity (Wildman–Crippen MR) is 58.2 cm³/mol. The lowest BCUT2D eigenvalue weighted by molar-refractivity contribution is -0.0353. The molecule has 2 atom stereocenters. The maximum atomic E-state index is 10.9. The van der Waals surface area contributed by atoms with Crippen molar-refractivity contribution in [2.75, 3.05) is 13.1 Å². The highest BCUT2D eigenvalue weighted by Crippen LogP contribution is 2.21. The van der Waals surface area contributed by atoms with Crippen LogP contribution in [-0.2, 0) is 0 Å². The molecule has 15 heavy (non-hydrogen) atoms. The van der Waals surface area contributed by atoms with Gasteiger partial charge in [-0.1, -0.05) is 6.42 Å². The summed E-state index contributed by atoms with van der Waals surface area (Å²) < 4.78 is 0. The number of nitrogens with one attached hydrogen (secondary N) is 1. The van der Waals surface area contributed by atoms with E-state index in [4.69, 9.17) is 5.73 Å². The largest absolute Gasteiger partial charge is 0.390 e. The van der Waals surface area contributed by atoms with Gasteiger partial charge in [-0.05, 0) is 26.7 Å². The van der Waals surface area contributed by atoms with Crippen LogP contribution in [0.1, 0.15) is 33.1 Å². The molecule has 1 aliphatic rings. The smallest absolute Gasteiger partial charge is 0.313 e. The lowest BCUT2D eigenvalue weighted by atomic mass is 10.00. The lowest BCUT2D eigenvalue weighted by Crippen LogP contribution is -2.66. The summed E-state index contributed by atoms with van der Waals surface area (Å²) in [6.45, 7) is 5.27. The molecule has 1 fully saturated rings. The first-order chi connectivity index (χ1) is 6.97. The summed E-state index contributed by atoms with van der Waals surface area (Å²) in [5.74, 6) is 0. The molecule has 1 rings (SSSR count). The van der Waals surface area contributed by atoms with Crippen molar-refractivity contribution < 1.29 is 9.90 Å². The number of urea groups is 1. The van der Waals surface area contributed by atoms with Crippen molar-refractivity contribution in [1.82, 2.24) is 10.2 Å². The van der Waals surface area contributed by atoms with E-state index in [2.05, 4.69) is 10.2 Å². The molecular weight excluding hydrogens is 194 g/mol. The molecule has 0 aromatic carbocycles. The molecule has 1 aliphatic heterocycles. The first kappa shape index (κ1) is 12.3. The summed E-state index contributed by atoms with van der Waals surface area (Å²) in [4.78, 5) is 13.0. The highest BCUT2D eigenvalue weighted by Gasteiger charge is 2.38. The number of hydrogen-bond donors (Lipinski definition) is 3. The van der Waals surface area contributed by atoms with Crippen LogP contribution in [0.3, 0.4) is 0 Å². The van der Waals surface area contributed by atoms with E-state index in [0.29, 0.717) is 0 Å². The first-order valence-electron chi connectivity index (χ1n) is 5.47. The fraction of sp³-hybridized carbons (Fsp3) is 0.900. The maximum absolute atomic E-state index is 10.9. The molecule has 0 aliphatic carbocycles. The summed E-state index contributed by atoms with van der Waals surface area (Å²) in [5, 5.41) is 12.4. The molecule has 88 valence electrons. The van der Waals surface area contributed by atoms with Crippen LogP contribution in [0.4, 0.5) is 4.79 Å². The van der Waals surface area contributed by atoms with Crippen molar-refractivity contribution >= 4 is 6.03 Å². The van der Waals surface area contributed by atoms with Crippen LogP contribution >= 0.6 is 0 Å². The number of rotatable bonds is 3. The molecule has 2 unspecified atom stereocenters. The Labute approximate surface area is 90.6 Å². The van der Waals surface area contributed by atoms with E-state index in [0.717, 1.165) is 25.9 Å². The molecule has 0 aromatic heterocycles. The maximum Gasteiger partial charge on any atom is 0.313 e. The molecule has 0 radical (unpaired) electrons. The van der Waals surface area contributed by atoms with Gasteiger partial charge < -0.3 is 16.2 Å². The molecule has 0 saturated carbocycles. The van der Waals surface area contributed by atoms with Crippen LogP contribution in [0.15, 0.2) is 0 Å². The summed E-state index contributed by atoms with van der Waals surface area (Å²) in [6, 6.07) is -0.594. The summed E-state index contributed by atoms with van der Waals surface area (Å²) >= 11 is 0. The van der Waals surface area contributed by atoms with Crippen LogP contribution in [0.5, 0.6) is 0 Å². The Bertz CT molecular complexity index is 227. The normalized spacial score (nSPS) is 24.2. The van der Waals surface area contributed by atoms with E-state index in [1.807, 2.05) is 6.92 Å². The zero-order valence-electron chi connectivity index (χ0n) is 9.49. The monoisotopic (exact) mass is 215 g/mol. The minimum Gasteiger partial charge on any atom is -0.390 e. The molecule has 5 heteroatoms. The van der Waals surface area contributed by atoms with Crippen molar-refractivity contribution in [3.8, 4) is 0 Å². The second-order valence-electron chi connectivity index (χ2n) is 4.36. The van der Waals surface area contributed by atoms with E-state index in [-0.39, 0.29) is 0 Å². The molecule has 1 saturated heterocycles. The number of nitrogens with two attached hydrogens (primary N) is 1. The Hall–Kier alpha value is -0.810. The second-order valence-corrected chi connectivity index (χ2v) is 4.36. The van der Waals surface area contributed by atoms with Gasteiger partial charge >= 0.3 is 6.03 Å². The Balaban J connectivity index is 2.74. The molecule has 0 aromatic rings. The molecule has 2 amide bonds. The Morgan fingerprint density at radius 2 is 2.00 bits per heavy atom. The van der Waals surface area contributed by atoms with Crippen LogP contribution in [0.2, 0.25) is 0 Å². The minimum atomic E-state index is -0.744. The molecule has 4 N–H and O–H groups in total. The van der Waals surface area contributed by atoms with E-state index in [9.17, 15) is 9.90 Å². The molecule has 5 nitrogen and oxygen atoms in total. The Kier molecular flexibility index (Phi) is 3.93. The number of aliphatic hydroxyl groups excluding tert-OH is 1. The van der Waals surface area contributed by atoms with Crippen LogP contribution in [0.25, 0.3) is 0 Å². The average molecular weight is 215 g/mol.